The van der Waals surface area contributed by atoms with Gasteiger partial charge in [0.1, 0.15) is 17.5 Å². The van der Waals surface area contributed by atoms with Crippen molar-refractivity contribution >= 4 is 17.8 Å². The number of likely N-dealkylation sites (N-methyl/N-ethyl adjacent to an activating group) is 1. The molecule has 2 N–H and O–H groups in total. The molecule has 2 aliphatic heterocycles. The van der Waals surface area contributed by atoms with Crippen LogP contribution < -0.4 is 15.4 Å². The van der Waals surface area contributed by atoms with Crippen LogP contribution in [0.25, 0.3) is 0 Å². The van der Waals surface area contributed by atoms with Crippen molar-refractivity contribution in [1.82, 2.24) is 20.4 Å². The van der Waals surface area contributed by atoms with Crippen LogP contribution in [-0.2, 0) is 14.3 Å². The van der Waals surface area contributed by atoms with Gasteiger partial charge in [-0.1, -0.05) is 44.2 Å². The average Bonchev–Trinajstić information content (AvgIpc) is 3.26. The zero-order valence-corrected chi connectivity index (χ0v) is 23.1. The van der Waals surface area contributed by atoms with Crippen molar-refractivity contribution in [2.45, 2.75) is 45.7 Å². The van der Waals surface area contributed by atoms with E-state index in [-0.39, 0.29) is 30.3 Å². The Bertz CT molecular complexity index is 1210. The molecule has 2 atom stereocenters. The number of nitrogens with zero attached hydrogens (tertiary/aromatic N) is 2. The van der Waals surface area contributed by atoms with Gasteiger partial charge in [-0.15, -0.1) is 0 Å². The summed E-state index contributed by atoms with van der Waals surface area (Å²) in [7, 11) is 1.62. The third-order valence-corrected chi connectivity index (χ3v) is 6.93. The third-order valence-electron chi connectivity index (χ3n) is 6.93. The second kappa shape index (κ2) is 12.8. The lowest BCUT2D eigenvalue weighted by Gasteiger charge is -2.33. The fourth-order valence-corrected chi connectivity index (χ4v) is 5.10. The van der Waals surface area contributed by atoms with E-state index in [2.05, 4.69) is 10.6 Å². The predicted octanol–water partition coefficient (Wildman–Crippen LogP) is 4.23. The normalized spacial score (nSPS) is 17.8. The van der Waals surface area contributed by atoms with Gasteiger partial charge in [-0.3, -0.25) is 14.5 Å². The highest BCUT2D eigenvalue weighted by Crippen LogP contribution is 2.38. The molecule has 0 fully saturated rings. The van der Waals surface area contributed by atoms with Crippen LogP contribution in [0.1, 0.15) is 45.2 Å². The summed E-state index contributed by atoms with van der Waals surface area (Å²) in [6, 6.07) is 15.3. The summed E-state index contributed by atoms with van der Waals surface area (Å²) in [4.78, 5) is 43.7. The zero-order valence-electron chi connectivity index (χ0n) is 23.1. The third kappa shape index (κ3) is 6.42. The number of carbonyl (C=O) groups is 3. The fraction of sp³-hybridized carbons (Fsp3) is 0.433. The van der Waals surface area contributed by atoms with Gasteiger partial charge >= 0.3 is 6.03 Å². The van der Waals surface area contributed by atoms with Crippen LogP contribution in [0.5, 0.6) is 11.5 Å². The van der Waals surface area contributed by atoms with Crippen LogP contribution >= 0.6 is 0 Å². The molecule has 0 saturated heterocycles. The van der Waals surface area contributed by atoms with Gasteiger partial charge in [-0.25, -0.2) is 4.79 Å². The number of carbonyl (C=O) groups excluding carboxylic acids is 3. The molecular formula is C30H38N4O5. The minimum atomic E-state index is -0.656. The lowest BCUT2D eigenvalue weighted by atomic mass is 9.95. The number of nitrogens with one attached hydrogen (secondary N) is 2. The smallest absolute Gasteiger partial charge is 0.322 e. The van der Waals surface area contributed by atoms with Gasteiger partial charge in [0, 0.05) is 26.8 Å². The SMILES string of the molecule is CCN1C(=O)N[C@@H](c2cccc(Oc3ccccc3)c2)C2=C1CN([C@@H](CC(C)C)C(=O)NCCCOC)C2=O. The maximum atomic E-state index is 14.0. The van der Waals surface area contributed by atoms with Crippen LogP contribution in [0.3, 0.4) is 0 Å². The number of rotatable bonds is 12. The molecule has 0 aromatic heterocycles. The number of amides is 4. The first-order valence-electron chi connectivity index (χ1n) is 13.6. The van der Waals surface area contributed by atoms with Crippen LogP contribution in [0.2, 0.25) is 0 Å². The Balaban J connectivity index is 1.63. The molecule has 2 aromatic carbocycles. The number of ether oxygens (including phenoxy) is 2. The van der Waals surface area contributed by atoms with Gasteiger partial charge in [0.25, 0.3) is 5.91 Å². The molecule has 4 rings (SSSR count). The van der Waals surface area contributed by atoms with E-state index in [1.165, 1.54) is 0 Å². The van der Waals surface area contributed by atoms with Crippen molar-refractivity contribution < 1.29 is 23.9 Å². The molecule has 0 saturated carbocycles. The highest BCUT2D eigenvalue weighted by molar-refractivity contribution is 6.03. The number of benzene rings is 2. The minimum absolute atomic E-state index is 0.190. The number of hydrogen-bond donors (Lipinski definition) is 2. The van der Waals surface area contributed by atoms with E-state index in [4.69, 9.17) is 9.47 Å². The van der Waals surface area contributed by atoms with Crippen molar-refractivity contribution in [3.05, 3.63) is 71.4 Å². The molecule has 2 aromatic rings. The van der Waals surface area contributed by atoms with Crippen LogP contribution in [0.15, 0.2) is 65.9 Å². The van der Waals surface area contributed by atoms with Crippen LogP contribution in [-0.4, -0.2) is 67.0 Å². The molecule has 2 heterocycles. The van der Waals surface area contributed by atoms with Crippen LogP contribution in [0.4, 0.5) is 4.79 Å². The average molecular weight is 535 g/mol. The van der Waals surface area contributed by atoms with Gasteiger partial charge < -0.3 is 25.0 Å². The largest absolute Gasteiger partial charge is 0.457 e. The first kappa shape index (κ1) is 28.2. The monoisotopic (exact) mass is 534 g/mol. The second-order valence-corrected chi connectivity index (χ2v) is 10.2. The van der Waals surface area contributed by atoms with E-state index in [0.717, 1.165) is 5.56 Å². The Morgan fingerprint density at radius 1 is 1.10 bits per heavy atom. The summed E-state index contributed by atoms with van der Waals surface area (Å²) in [5.74, 6) is 1.06. The number of para-hydroxylation sites is 1. The van der Waals surface area contributed by atoms with Gasteiger partial charge in [0.05, 0.1) is 23.9 Å². The summed E-state index contributed by atoms with van der Waals surface area (Å²) >= 11 is 0. The van der Waals surface area contributed by atoms with E-state index in [9.17, 15) is 14.4 Å². The van der Waals surface area contributed by atoms with Crippen molar-refractivity contribution in [2.24, 2.45) is 5.92 Å². The fourth-order valence-electron chi connectivity index (χ4n) is 5.10. The van der Waals surface area contributed by atoms with Crippen LogP contribution in [0, 0.1) is 5.92 Å². The molecule has 208 valence electrons. The maximum absolute atomic E-state index is 14.0. The second-order valence-electron chi connectivity index (χ2n) is 10.2. The van der Waals surface area contributed by atoms with E-state index in [1.54, 1.807) is 16.9 Å². The van der Waals surface area contributed by atoms with E-state index in [1.807, 2.05) is 75.4 Å². The molecule has 9 nitrogen and oxygen atoms in total. The summed E-state index contributed by atoms with van der Waals surface area (Å²) in [5, 5.41) is 5.98. The van der Waals surface area contributed by atoms with E-state index in [0.29, 0.717) is 55.3 Å². The topological polar surface area (TPSA) is 100 Å². The van der Waals surface area contributed by atoms with Gasteiger partial charge in [-0.05, 0) is 55.5 Å². The van der Waals surface area contributed by atoms with Gasteiger partial charge in [-0.2, -0.15) is 0 Å². The van der Waals surface area contributed by atoms with Crippen molar-refractivity contribution in [3.8, 4) is 11.5 Å². The van der Waals surface area contributed by atoms with E-state index >= 15 is 0 Å². The van der Waals surface area contributed by atoms with Crippen molar-refractivity contribution in [1.29, 1.82) is 0 Å². The van der Waals surface area contributed by atoms with Gasteiger partial charge in [0.15, 0.2) is 0 Å². The Kier molecular flexibility index (Phi) is 9.24. The number of methoxy groups -OCH3 is 1. The van der Waals surface area contributed by atoms with Gasteiger partial charge in [0.2, 0.25) is 5.91 Å². The van der Waals surface area contributed by atoms with Crippen molar-refractivity contribution in [2.75, 3.05) is 33.4 Å². The lowest BCUT2D eigenvalue weighted by Crippen LogP contribution is -2.49. The predicted molar refractivity (Wildman–Crippen MR) is 148 cm³/mol. The molecule has 9 heteroatoms. The first-order valence-corrected chi connectivity index (χ1v) is 13.6. The Morgan fingerprint density at radius 2 is 1.85 bits per heavy atom. The number of urea groups is 1. The highest BCUT2D eigenvalue weighted by atomic mass is 16.5. The summed E-state index contributed by atoms with van der Waals surface area (Å²) in [6.07, 6.45) is 1.20. The van der Waals surface area contributed by atoms with E-state index < -0.39 is 12.1 Å². The standard InChI is InChI=1S/C30H38N4O5/c1-5-33-25-19-34(24(17-20(2)3)28(35)31-15-10-16-38-4)29(36)26(25)27(32-30(33)37)21-11-9-14-23(18-21)39-22-12-7-6-8-13-22/h6-9,11-14,18,20,24,27H,5,10,15-17,19H2,1-4H3,(H,31,35)(H,32,37)/t24-,27-/m0/s1. The molecule has 4 amide bonds. The first-order chi connectivity index (χ1) is 18.8. The summed E-state index contributed by atoms with van der Waals surface area (Å²) in [6.45, 7) is 7.56. The molecule has 39 heavy (non-hydrogen) atoms. The minimum Gasteiger partial charge on any atom is -0.457 e. The van der Waals surface area contributed by atoms with Crippen molar-refractivity contribution in [3.63, 3.8) is 0 Å². The molecule has 0 aliphatic carbocycles. The zero-order chi connectivity index (χ0) is 27.9. The number of hydrogen-bond acceptors (Lipinski definition) is 5. The Hall–Kier alpha value is -3.85. The Morgan fingerprint density at radius 3 is 2.54 bits per heavy atom. The quantitative estimate of drug-likeness (QED) is 0.397. The summed E-state index contributed by atoms with van der Waals surface area (Å²) in [5.41, 5.74) is 1.88. The molecule has 2 aliphatic rings. The lowest BCUT2D eigenvalue weighted by molar-refractivity contribution is -0.137. The molecule has 0 bridgehead atoms. The molecule has 0 spiro atoms. The highest BCUT2D eigenvalue weighted by Gasteiger charge is 2.46. The molecule has 0 unspecified atom stereocenters. The molecule has 0 radical (unpaired) electrons. The molecular weight excluding hydrogens is 496 g/mol. The maximum Gasteiger partial charge on any atom is 0.322 e. The summed E-state index contributed by atoms with van der Waals surface area (Å²) < 4.78 is 11.1. The Labute approximate surface area is 230 Å².